The first-order chi connectivity index (χ1) is 12.7. The fourth-order valence-electron chi connectivity index (χ4n) is 2.14. The van der Waals surface area contributed by atoms with Crippen molar-refractivity contribution in [2.45, 2.75) is 4.90 Å². The molecule has 0 fully saturated rings. The Kier molecular flexibility index (Phi) is 6.19. The highest BCUT2D eigenvalue weighted by Crippen LogP contribution is 2.27. The number of esters is 2. The Morgan fingerprint density at radius 1 is 0.889 bits per heavy atom. The van der Waals surface area contributed by atoms with Crippen LogP contribution in [0.5, 0.6) is 11.5 Å². The van der Waals surface area contributed by atoms with E-state index in [0.717, 1.165) is 4.31 Å². The number of methoxy groups -OCH3 is 2. The fourth-order valence-corrected chi connectivity index (χ4v) is 3.22. The van der Waals surface area contributed by atoms with Crippen LogP contribution in [0.15, 0.2) is 47.4 Å². The lowest BCUT2D eigenvalue weighted by Gasteiger charge is -2.15. The number of ether oxygens (including phenoxy) is 3. The summed E-state index contributed by atoms with van der Waals surface area (Å²) in [5.41, 5.74) is 0.342. The molecule has 0 amide bonds. The zero-order valence-electron chi connectivity index (χ0n) is 15.3. The highest BCUT2D eigenvalue weighted by Gasteiger charge is 2.24. The number of rotatable bonds is 6. The Morgan fingerprint density at radius 2 is 1.48 bits per heavy atom. The summed E-state index contributed by atoms with van der Waals surface area (Å²) in [5, 5.41) is 0. The predicted molar refractivity (Wildman–Crippen MR) is 96.6 cm³/mol. The van der Waals surface area contributed by atoms with Gasteiger partial charge in [-0.2, -0.15) is 0 Å². The Bertz CT molecular complexity index is 950. The van der Waals surface area contributed by atoms with Gasteiger partial charge >= 0.3 is 11.9 Å². The van der Waals surface area contributed by atoms with E-state index in [9.17, 15) is 18.0 Å². The van der Waals surface area contributed by atoms with Gasteiger partial charge in [0.15, 0.2) is 0 Å². The van der Waals surface area contributed by atoms with Crippen LogP contribution in [0.4, 0.5) is 0 Å². The molecular weight excluding hydrogens is 374 g/mol. The lowest BCUT2D eigenvalue weighted by molar-refractivity contribution is 0.0600. The molecule has 0 atom stereocenters. The predicted octanol–water partition coefficient (Wildman–Crippen LogP) is 1.95. The summed E-state index contributed by atoms with van der Waals surface area (Å²) in [4.78, 5) is 23.6. The number of carbonyl (C=O) groups excluding carboxylic acids is 2. The maximum absolute atomic E-state index is 12.4. The molecule has 0 aliphatic rings. The van der Waals surface area contributed by atoms with Gasteiger partial charge in [0.1, 0.15) is 16.4 Å². The summed E-state index contributed by atoms with van der Waals surface area (Å²) >= 11 is 0. The molecule has 0 aliphatic heterocycles. The van der Waals surface area contributed by atoms with Gasteiger partial charge in [-0.3, -0.25) is 0 Å². The van der Waals surface area contributed by atoms with E-state index in [4.69, 9.17) is 9.47 Å². The number of benzene rings is 2. The zero-order valence-corrected chi connectivity index (χ0v) is 16.1. The van der Waals surface area contributed by atoms with Gasteiger partial charge in [-0.05, 0) is 42.5 Å². The van der Waals surface area contributed by atoms with Crippen molar-refractivity contribution in [1.82, 2.24) is 4.31 Å². The summed E-state index contributed by atoms with van der Waals surface area (Å²) in [6.07, 6.45) is 0. The summed E-state index contributed by atoms with van der Waals surface area (Å²) < 4.78 is 40.8. The average Bonchev–Trinajstić information content (AvgIpc) is 2.67. The van der Waals surface area contributed by atoms with E-state index in [1.165, 1.54) is 70.8 Å². The van der Waals surface area contributed by atoms with E-state index in [1.807, 2.05) is 0 Å². The number of carbonyl (C=O) groups is 2. The van der Waals surface area contributed by atoms with Crippen molar-refractivity contribution < 1.29 is 32.2 Å². The summed E-state index contributed by atoms with van der Waals surface area (Å²) in [5.74, 6) is -0.955. The second-order valence-corrected chi connectivity index (χ2v) is 7.68. The Labute approximate surface area is 157 Å². The molecule has 0 aromatic heterocycles. The monoisotopic (exact) mass is 393 g/mol. The molecule has 0 bridgehead atoms. The van der Waals surface area contributed by atoms with Crippen LogP contribution in [0.1, 0.15) is 20.7 Å². The van der Waals surface area contributed by atoms with E-state index in [0.29, 0.717) is 5.56 Å². The third-order valence-electron chi connectivity index (χ3n) is 3.64. The molecule has 0 saturated carbocycles. The molecule has 2 rings (SSSR count). The molecular formula is C18H19NO7S. The molecule has 0 unspecified atom stereocenters. The van der Waals surface area contributed by atoms with Crippen LogP contribution in [0, 0.1) is 0 Å². The van der Waals surface area contributed by atoms with E-state index in [1.54, 1.807) is 0 Å². The first kappa shape index (κ1) is 20.4. The number of sulfonamides is 1. The summed E-state index contributed by atoms with van der Waals surface area (Å²) in [7, 11) is 1.54. The van der Waals surface area contributed by atoms with Crippen molar-refractivity contribution >= 4 is 22.0 Å². The van der Waals surface area contributed by atoms with E-state index < -0.39 is 22.0 Å². The van der Waals surface area contributed by atoms with Gasteiger partial charge in [0.2, 0.25) is 10.0 Å². The SMILES string of the molecule is COC(=O)c1ccc(OC(=O)c2ccc(OC)c(S(=O)(=O)N(C)C)c2)cc1. The first-order valence-corrected chi connectivity index (χ1v) is 9.16. The molecule has 2 aromatic carbocycles. The van der Waals surface area contributed by atoms with Crippen molar-refractivity contribution in [2.24, 2.45) is 0 Å². The molecule has 0 spiro atoms. The third kappa shape index (κ3) is 4.44. The van der Waals surface area contributed by atoms with Gasteiger partial charge in [0.25, 0.3) is 0 Å². The number of nitrogens with zero attached hydrogens (tertiary/aromatic N) is 1. The Balaban J connectivity index is 2.30. The topological polar surface area (TPSA) is 99.2 Å². The quantitative estimate of drug-likeness (QED) is 0.546. The second kappa shape index (κ2) is 8.19. The van der Waals surface area contributed by atoms with Crippen molar-refractivity contribution in [3.05, 3.63) is 53.6 Å². The van der Waals surface area contributed by atoms with Gasteiger partial charge in [0, 0.05) is 14.1 Å². The smallest absolute Gasteiger partial charge is 0.343 e. The van der Waals surface area contributed by atoms with E-state index >= 15 is 0 Å². The first-order valence-electron chi connectivity index (χ1n) is 7.72. The van der Waals surface area contributed by atoms with Crippen molar-refractivity contribution in [2.75, 3.05) is 28.3 Å². The minimum Gasteiger partial charge on any atom is -0.495 e. The molecule has 9 heteroatoms. The highest BCUT2D eigenvalue weighted by atomic mass is 32.2. The molecule has 0 saturated heterocycles. The lowest BCUT2D eigenvalue weighted by atomic mass is 10.2. The van der Waals surface area contributed by atoms with Gasteiger partial charge in [0.05, 0.1) is 25.3 Å². The maximum Gasteiger partial charge on any atom is 0.343 e. The van der Waals surface area contributed by atoms with Gasteiger partial charge in [-0.25, -0.2) is 22.3 Å². The van der Waals surface area contributed by atoms with Crippen LogP contribution >= 0.6 is 0 Å². The van der Waals surface area contributed by atoms with Crippen molar-refractivity contribution in [3.63, 3.8) is 0 Å². The Morgan fingerprint density at radius 3 is 2.00 bits per heavy atom. The lowest BCUT2D eigenvalue weighted by Crippen LogP contribution is -2.23. The average molecular weight is 393 g/mol. The molecule has 8 nitrogen and oxygen atoms in total. The molecule has 27 heavy (non-hydrogen) atoms. The normalized spacial score (nSPS) is 11.1. The molecule has 144 valence electrons. The Hall–Kier alpha value is -2.91. The number of hydrogen-bond donors (Lipinski definition) is 0. The molecule has 2 aromatic rings. The zero-order chi connectivity index (χ0) is 20.2. The standard InChI is InChI=1S/C18H19NO7S/c1-19(2)27(22,23)16-11-13(7-10-15(16)24-3)18(21)26-14-8-5-12(6-9-14)17(20)25-4/h5-11H,1-4H3. The van der Waals surface area contributed by atoms with Crippen LogP contribution < -0.4 is 9.47 Å². The fraction of sp³-hybridized carbons (Fsp3) is 0.222. The largest absolute Gasteiger partial charge is 0.495 e. The molecule has 0 heterocycles. The van der Waals surface area contributed by atoms with Crippen molar-refractivity contribution in [1.29, 1.82) is 0 Å². The van der Waals surface area contributed by atoms with Gasteiger partial charge in [-0.1, -0.05) is 0 Å². The van der Waals surface area contributed by atoms with Crippen LogP contribution in [0.25, 0.3) is 0 Å². The van der Waals surface area contributed by atoms with Crippen LogP contribution in [-0.4, -0.2) is 53.0 Å². The van der Waals surface area contributed by atoms with Crippen molar-refractivity contribution in [3.8, 4) is 11.5 Å². The van der Waals surface area contributed by atoms with E-state index in [2.05, 4.69) is 4.74 Å². The highest BCUT2D eigenvalue weighted by molar-refractivity contribution is 7.89. The minimum atomic E-state index is -3.82. The van der Waals surface area contributed by atoms with Crippen LogP contribution in [-0.2, 0) is 14.8 Å². The number of hydrogen-bond acceptors (Lipinski definition) is 7. The molecule has 0 aliphatic carbocycles. The molecule has 0 N–H and O–H groups in total. The van der Waals surface area contributed by atoms with Crippen LogP contribution in [0.3, 0.4) is 0 Å². The molecule has 0 radical (unpaired) electrons. The van der Waals surface area contributed by atoms with E-state index in [-0.39, 0.29) is 22.0 Å². The minimum absolute atomic E-state index is 0.0354. The van der Waals surface area contributed by atoms with Gasteiger partial charge in [-0.15, -0.1) is 0 Å². The third-order valence-corrected chi connectivity index (χ3v) is 5.48. The maximum atomic E-state index is 12.4. The van der Waals surface area contributed by atoms with Gasteiger partial charge < -0.3 is 14.2 Å². The second-order valence-electron chi connectivity index (χ2n) is 5.56. The summed E-state index contributed by atoms with van der Waals surface area (Å²) in [6.45, 7) is 0. The summed E-state index contributed by atoms with van der Waals surface area (Å²) in [6, 6.07) is 9.75. The van der Waals surface area contributed by atoms with Crippen LogP contribution in [0.2, 0.25) is 0 Å².